The van der Waals surface area contributed by atoms with Crippen LogP contribution in [-0.2, 0) is 6.54 Å². The van der Waals surface area contributed by atoms with Gasteiger partial charge in [0.15, 0.2) is 0 Å². The van der Waals surface area contributed by atoms with E-state index in [9.17, 15) is 4.79 Å². The summed E-state index contributed by atoms with van der Waals surface area (Å²) in [6.07, 6.45) is 3.33. The molecule has 0 saturated heterocycles. The van der Waals surface area contributed by atoms with Crippen molar-refractivity contribution in [3.8, 4) is 0 Å². The standard InChI is InChI=1S/C15H18N4O/c1-2-19(14-6-8-17-9-7-14)15(20)18-13-5-3-4-12(10-13)11-16/h3-10H,2,11,16H2,1H3,(H,18,20). The predicted octanol–water partition coefficient (Wildman–Crippen LogP) is 2.60. The molecule has 0 aliphatic heterocycles. The maximum atomic E-state index is 12.3. The Morgan fingerprint density at radius 3 is 2.70 bits per heavy atom. The van der Waals surface area contributed by atoms with E-state index in [0.29, 0.717) is 13.1 Å². The number of benzene rings is 1. The quantitative estimate of drug-likeness (QED) is 0.897. The number of aromatic nitrogens is 1. The number of hydrogen-bond donors (Lipinski definition) is 2. The first-order valence-electron chi connectivity index (χ1n) is 6.52. The molecule has 104 valence electrons. The highest BCUT2D eigenvalue weighted by atomic mass is 16.2. The van der Waals surface area contributed by atoms with Gasteiger partial charge in [0.2, 0.25) is 0 Å². The molecule has 2 aromatic rings. The number of hydrogen-bond acceptors (Lipinski definition) is 3. The summed E-state index contributed by atoms with van der Waals surface area (Å²) in [7, 11) is 0. The van der Waals surface area contributed by atoms with Crippen LogP contribution in [0.4, 0.5) is 16.2 Å². The van der Waals surface area contributed by atoms with Crippen LogP contribution in [0.25, 0.3) is 0 Å². The SMILES string of the molecule is CCN(C(=O)Nc1cccc(CN)c1)c1ccncc1. The Morgan fingerprint density at radius 1 is 1.30 bits per heavy atom. The maximum absolute atomic E-state index is 12.3. The third-order valence-corrected chi connectivity index (χ3v) is 2.95. The van der Waals surface area contributed by atoms with Crippen LogP contribution in [0.3, 0.4) is 0 Å². The zero-order valence-electron chi connectivity index (χ0n) is 11.4. The van der Waals surface area contributed by atoms with Crippen LogP contribution in [0.2, 0.25) is 0 Å². The van der Waals surface area contributed by atoms with E-state index >= 15 is 0 Å². The summed E-state index contributed by atoms with van der Waals surface area (Å²) in [4.78, 5) is 17.9. The lowest BCUT2D eigenvalue weighted by molar-refractivity contribution is 0.257. The molecule has 0 unspecified atom stereocenters. The fraction of sp³-hybridized carbons (Fsp3) is 0.200. The van der Waals surface area contributed by atoms with Crippen LogP contribution in [0, 0.1) is 0 Å². The summed E-state index contributed by atoms with van der Waals surface area (Å²) < 4.78 is 0. The largest absolute Gasteiger partial charge is 0.326 e. The van der Waals surface area contributed by atoms with Gasteiger partial charge in [-0.2, -0.15) is 0 Å². The Bertz CT molecular complexity index is 571. The minimum atomic E-state index is -0.173. The van der Waals surface area contributed by atoms with E-state index in [0.717, 1.165) is 16.9 Å². The first-order valence-corrected chi connectivity index (χ1v) is 6.52. The van der Waals surface area contributed by atoms with E-state index in [-0.39, 0.29) is 6.03 Å². The molecule has 0 radical (unpaired) electrons. The lowest BCUT2D eigenvalue weighted by Crippen LogP contribution is -2.34. The van der Waals surface area contributed by atoms with Crippen LogP contribution < -0.4 is 16.0 Å². The maximum Gasteiger partial charge on any atom is 0.326 e. The molecule has 3 N–H and O–H groups in total. The topological polar surface area (TPSA) is 71.2 Å². The number of anilines is 2. The first kappa shape index (κ1) is 14.0. The van der Waals surface area contributed by atoms with Gasteiger partial charge in [-0.25, -0.2) is 4.79 Å². The average Bonchev–Trinajstić information content (AvgIpc) is 2.49. The molecular weight excluding hydrogens is 252 g/mol. The van der Waals surface area contributed by atoms with Crippen molar-refractivity contribution in [2.24, 2.45) is 5.73 Å². The molecule has 2 rings (SSSR count). The van der Waals surface area contributed by atoms with Gasteiger partial charge in [-0.1, -0.05) is 12.1 Å². The third-order valence-electron chi connectivity index (χ3n) is 2.95. The summed E-state index contributed by atoms with van der Waals surface area (Å²) in [5, 5.41) is 2.88. The van der Waals surface area contributed by atoms with Gasteiger partial charge in [0, 0.05) is 36.9 Å². The molecule has 0 bridgehead atoms. The Kier molecular flexibility index (Phi) is 4.68. The molecule has 0 spiro atoms. The number of nitrogens with one attached hydrogen (secondary N) is 1. The summed E-state index contributed by atoms with van der Waals surface area (Å²) in [5.74, 6) is 0. The normalized spacial score (nSPS) is 10.1. The van der Waals surface area contributed by atoms with Gasteiger partial charge in [0.25, 0.3) is 0 Å². The van der Waals surface area contributed by atoms with Crippen LogP contribution in [0.15, 0.2) is 48.8 Å². The lowest BCUT2D eigenvalue weighted by Gasteiger charge is -2.21. The second-order valence-electron chi connectivity index (χ2n) is 4.28. The molecule has 0 atom stereocenters. The fourth-order valence-corrected chi connectivity index (χ4v) is 1.93. The minimum Gasteiger partial charge on any atom is -0.326 e. The molecule has 0 saturated carbocycles. The van der Waals surface area contributed by atoms with Gasteiger partial charge in [-0.3, -0.25) is 9.88 Å². The Hall–Kier alpha value is -2.40. The zero-order chi connectivity index (χ0) is 14.4. The lowest BCUT2D eigenvalue weighted by atomic mass is 10.2. The molecule has 1 aromatic carbocycles. The number of rotatable bonds is 4. The molecule has 0 aliphatic carbocycles. The van der Waals surface area contributed by atoms with Crippen molar-refractivity contribution < 1.29 is 4.79 Å². The molecule has 20 heavy (non-hydrogen) atoms. The van der Waals surface area contributed by atoms with Crippen LogP contribution >= 0.6 is 0 Å². The van der Waals surface area contributed by atoms with E-state index in [1.165, 1.54) is 0 Å². The van der Waals surface area contributed by atoms with Gasteiger partial charge in [0.1, 0.15) is 0 Å². The second kappa shape index (κ2) is 6.68. The average molecular weight is 270 g/mol. The number of carbonyl (C=O) groups excluding carboxylic acids is 1. The Morgan fingerprint density at radius 2 is 2.05 bits per heavy atom. The molecule has 1 aromatic heterocycles. The van der Waals surface area contributed by atoms with Gasteiger partial charge in [-0.15, -0.1) is 0 Å². The number of nitrogens with zero attached hydrogens (tertiary/aromatic N) is 2. The first-order chi connectivity index (χ1) is 9.74. The second-order valence-corrected chi connectivity index (χ2v) is 4.28. The van der Waals surface area contributed by atoms with Crippen molar-refractivity contribution in [1.29, 1.82) is 0 Å². The van der Waals surface area contributed by atoms with E-state index in [2.05, 4.69) is 10.3 Å². The van der Waals surface area contributed by atoms with Gasteiger partial charge in [0.05, 0.1) is 0 Å². The number of amides is 2. The monoisotopic (exact) mass is 270 g/mol. The van der Waals surface area contributed by atoms with E-state index in [4.69, 9.17) is 5.73 Å². The van der Waals surface area contributed by atoms with Crippen molar-refractivity contribution in [2.45, 2.75) is 13.5 Å². The fourth-order valence-electron chi connectivity index (χ4n) is 1.93. The summed E-state index contributed by atoms with van der Waals surface area (Å²) in [5.41, 5.74) is 8.13. The van der Waals surface area contributed by atoms with E-state index in [1.54, 1.807) is 29.4 Å². The Labute approximate surface area is 118 Å². The highest BCUT2D eigenvalue weighted by molar-refractivity contribution is 6.01. The van der Waals surface area contributed by atoms with Crippen LogP contribution in [-0.4, -0.2) is 17.6 Å². The van der Waals surface area contributed by atoms with Crippen molar-refractivity contribution in [1.82, 2.24) is 4.98 Å². The third kappa shape index (κ3) is 3.33. The molecule has 0 fully saturated rings. The smallest absolute Gasteiger partial charge is 0.326 e. The molecular formula is C15H18N4O. The van der Waals surface area contributed by atoms with E-state index < -0.39 is 0 Å². The van der Waals surface area contributed by atoms with Gasteiger partial charge in [-0.05, 0) is 36.8 Å². The molecule has 5 heteroatoms. The molecule has 0 aliphatic rings. The molecule has 1 heterocycles. The summed E-state index contributed by atoms with van der Waals surface area (Å²) in [6, 6.07) is 11.0. The molecule has 5 nitrogen and oxygen atoms in total. The highest BCUT2D eigenvalue weighted by Crippen LogP contribution is 2.15. The van der Waals surface area contributed by atoms with Crippen molar-refractivity contribution in [3.05, 3.63) is 54.4 Å². The van der Waals surface area contributed by atoms with Crippen LogP contribution in [0.5, 0.6) is 0 Å². The van der Waals surface area contributed by atoms with Crippen LogP contribution in [0.1, 0.15) is 12.5 Å². The number of carbonyl (C=O) groups is 1. The van der Waals surface area contributed by atoms with Gasteiger partial charge < -0.3 is 11.1 Å². The zero-order valence-corrected chi connectivity index (χ0v) is 11.4. The number of nitrogens with two attached hydrogens (primary N) is 1. The van der Waals surface area contributed by atoms with Crippen molar-refractivity contribution in [2.75, 3.05) is 16.8 Å². The summed E-state index contributed by atoms with van der Waals surface area (Å²) >= 11 is 0. The molecule has 2 amide bonds. The highest BCUT2D eigenvalue weighted by Gasteiger charge is 2.13. The number of urea groups is 1. The Balaban J connectivity index is 2.13. The van der Waals surface area contributed by atoms with Crippen molar-refractivity contribution >= 4 is 17.4 Å². The van der Waals surface area contributed by atoms with Gasteiger partial charge >= 0.3 is 6.03 Å². The number of pyridine rings is 1. The van der Waals surface area contributed by atoms with E-state index in [1.807, 2.05) is 31.2 Å². The minimum absolute atomic E-state index is 0.173. The summed E-state index contributed by atoms with van der Waals surface area (Å²) in [6.45, 7) is 2.95. The van der Waals surface area contributed by atoms with Crippen molar-refractivity contribution in [3.63, 3.8) is 0 Å². The predicted molar refractivity (Wildman–Crippen MR) is 80.6 cm³/mol.